The minimum absolute atomic E-state index is 0.0517. The molecule has 1 aliphatic rings. The number of carbonyl (C=O) groups excluding carboxylic acids is 3. The molecular weight excluding hydrogens is 390 g/mol. The van der Waals surface area contributed by atoms with Crippen LogP contribution in [0.2, 0.25) is 0 Å². The van der Waals surface area contributed by atoms with Crippen molar-refractivity contribution in [1.29, 1.82) is 0 Å². The Morgan fingerprint density at radius 3 is 2.48 bits per heavy atom. The Labute approximate surface area is 173 Å². The first-order valence-corrected chi connectivity index (χ1v) is 10.2. The van der Waals surface area contributed by atoms with Gasteiger partial charge in [0.05, 0.1) is 17.1 Å². The summed E-state index contributed by atoms with van der Waals surface area (Å²) in [5, 5.41) is 1.42. The maximum Gasteiger partial charge on any atom is 0.326 e. The molecule has 0 aromatic heterocycles. The van der Waals surface area contributed by atoms with E-state index in [2.05, 4.69) is 0 Å². The van der Waals surface area contributed by atoms with Crippen LogP contribution in [-0.4, -0.2) is 40.8 Å². The average Bonchev–Trinajstić information content (AvgIpc) is 2.90. The number of esters is 1. The number of nitrogens with zero attached hydrogens (tertiary/aromatic N) is 1. The molecular formula is C22H23NO5S. The van der Waals surface area contributed by atoms with Crippen LogP contribution in [0.25, 0.3) is 16.8 Å². The first-order valence-electron chi connectivity index (χ1n) is 9.39. The highest BCUT2D eigenvalue weighted by Crippen LogP contribution is 2.37. The second-order valence-electron chi connectivity index (χ2n) is 7.17. The van der Waals surface area contributed by atoms with Gasteiger partial charge in [0, 0.05) is 5.56 Å². The first-order chi connectivity index (χ1) is 13.8. The first kappa shape index (κ1) is 20.9. The zero-order chi connectivity index (χ0) is 21.1. The fourth-order valence-corrected chi connectivity index (χ4v) is 3.80. The Kier molecular flexibility index (Phi) is 6.27. The van der Waals surface area contributed by atoms with Crippen LogP contribution in [-0.2, 0) is 14.3 Å². The second kappa shape index (κ2) is 8.69. The van der Waals surface area contributed by atoms with Crippen LogP contribution in [0.1, 0.15) is 33.3 Å². The Balaban J connectivity index is 1.97. The standard InChI is InChI=1S/C22H23NO5S/c1-13(2)27-18-10-9-15-7-5-6-8-16(15)17(18)11-19-21(25)23(22(26)29-19)12-20(24)28-14(3)4/h5-11,13-14H,12H2,1-4H3/b19-11-. The topological polar surface area (TPSA) is 72.9 Å². The van der Waals surface area contributed by atoms with E-state index < -0.39 is 23.7 Å². The molecule has 152 valence electrons. The van der Waals surface area contributed by atoms with Crippen LogP contribution < -0.4 is 4.74 Å². The normalized spacial score (nSPS) is 15.8. The highest BCUT2D eigenvalue weighted by molar-refractivity contribution is 8.18. The number of fused-ring (bicyclic) bond motifs is 1. The van der Waals surface area contributed by atoms with Gasteiger partial charge in [0.15, 0.2) is 0 Å². The Morgan fingerprint density at radius 1 is 1.07 bits per heavy atom. The molecule has 1 heterocycles. The number of amides is 2. The zero-order valence-corrected chi connectivity index (χ0v) is 17.6. The lowest BCUT2D eigenvalue weighted by Gasteiger charge is -2.15. The fourth-order valence-electron chi connectivity index (χ4n) is 2.98. The van der Waals surface area contributed by atoms with Crippen molar-refractivity contribution in [3.63, 3.8) is 0 Å². The summed E-state index contributed by atoms with van der Waals surface area (Å²) in [5.74, 6) is -0.494. The molecule has 0 atom stereocenters. The minimum Gasteiger partial charge on any atom is -0.490 e. The molecule has 6 nitrogen and oxygen atoms in total. The van der Waals surface area contributed by atoms with Crippen molar-refractivity contribution in [3.05, 3.63) is 46.9 Å². The molecule has 2 aromatic carbocycles. The lowest BCUT2D eigenvalue weighted by atomic mass is 10.0. The quantitative estimate of drug-likeness (QED) is 0.508. The molecule has 2 amide bonds. The maximum atomic E-state index is 12.8. The molecule has 0 unspecified atom stereocenters. The van der Waals surface area contributed by atoms with E-state index in [4.69, 9.17) is 9.47 Å². The van der Waals surface area contributed by atoms with Crippen LogP contribution in [0.5, 0.6) is 5.75 Å². The van der Waals surface area contributed by atoms with Crippen LogP contribution in [0.4, 0.5) is 4.79 Å². The number of benzene rings is 2. The van der Waals surface area contributed by atoms with Gasteiger partial charge in [0.1, 0.15) is 12.3 Å². The lowest BCUT2D eigenvalue weighted by Crippen LogP contribution is -2.35. The van der Waals surface area contributed by atoms with Gasteiger partial charge < -0.3 is 9.47 Å². The molecule has 29 heavy (non-hydrogen) atoms. The van der Waals surface area contributed by atoms with E-state index in [1.807, 2.05) is 50.2 Å². The lowest BCUT2D eigenvalue weighted by molar-refractivity contribution is -0.149. The van der Waals surface area contributed by atoms with Crippen molar-refractivity contribution in [2.45, 2.75) is 39.9 Å². The average molecular weight is 413 g/mol. The zero-order valence-electron chi connectivity index (χ0n) is 16.8. The number of thioether (sulfide) groups is 1. The molecule has 1 aliphatic heterocycles. The number of hydrogen-bond acceptors (Lipinski definition) is 6. The van der Waals surface area contributed by atoms with Crippen molar-refractivity contribution in [2.24, 2.45) is 0 Å². The number of ether oxygens (including phenoxy) is 2. The largest absolute Gasteiger partial charge is 0.490 e. The Morgan fingerprint density at radius 2 is 1.79 bits per heavy atom. The number of carbonyl (C=O) groups is 3. The molecule has 0 bridgehead atoms. The molecule has 0 saturated carbocycles. The van der Waals surface area contributed by atoms with Crippen LogP contribution >= 0.6 is 11.8 Å². The molecule has 0 aliphatic carbocycles. The van der Waals surface area contributed by atoms with E-state index >= 15 is 0 Å². The van der Waals surface area contributed by atoms with Gasteiger partial charge in [-0.1, -0.05) is 30.3 Å². The summed E-state index contributed by atoms with van der Waals surface area (Å²) in [6, 6.07) is 11.6. The highest BCUT2D eigenvalue weighted by Gasteiger charge is 2.37. The summed E-state index contributed by atoms with van der Waals surface area (Å²) >= 11 is 0.809. The van der Waals surface area contributed by atoms with Gasteiger partial charge in [-0.2, -0.15) is 0 Å². The summed E-state index contributed by atoms with van der Waals surface area (Å²) in [7, 11) is 0. The van der Waals surface area contributed by atoms with Crippen molar-refractivity contribution in [2.75, 3.05) is 6.54 Å². The fraction of sp³-hybridized carbons (Fsp3) is 0.318. The van der Waals surface area contributed by atoms with E-state index in [0.717, 1.165) is 33.0 Å². The van der Waals surface area contributed by atoms with E-state index in [-0.39, 0.29) is 17.1 Å². The van der Waals surface area contributed by atoms with Gasteiger partial charge >= 0.3 is 5.97 Å². The van der Waals surface area contributed by atoms with E-state index in [0.29, 0.717) is 5.75 Å². The van der Waals surface area contributed by atoms with Gasteiger partial charge in [-0.3, -0.25) is 19.3 Å². The molecule has 0 N–H and O–H groups in total. The van der Waals surface area contributed by atoms with Crippen molar-refractivity contribution >= 4 is 45.7 Å². The van der Waals surface area contributed by atoms with Crippen LogP contribution in [0.3, 0.4) is 0 Å². The molecule has 1 saturated heterocycles. The van der Waals surface area contributed by atoms with E-state index in [9.17, 15) is 14.4 Å². The highest BCUT2D eigenvalue weighted by atomic mass is 32.2. The number of rotatable bonds is 6. The maximum absolute atomic E-state index is 12.8. The summed E-state index contributed by atoms with van der Waals surface area (Å²) < 4.78 is 11.0. The third-order valence-electron chi connectivity index (χ3n) is 4.10. The minimum atomic E-state index is -0.613. The Bertz CT molecular complexity index is 996. The van der Waals surface area contributed by atoms with Crippen molar-refractivity contribution in [3.8, 4) is 5.75 Å². The van der Waals surface area contributed by atoms with Gasteiger partial charge in [0.2, 0.25) is 0 Å². The van der Waals surface area contributed by atoms with Crippen LogP contribution in [0.15, 0.2) is 41.3 Å². The predicted molar refractivity (Wildman–Crippen MR) is 114 cm³/mol. The smallest absolute Gasteiger partial charge is 0.326 e. The van der Waals surface area contributed by atoms with E-state index in [1.165, 1.54) is 0 Å². The third kappa shape index (κ3) is 4.79. The number of imide groups is 1. The van der Waals surface area contributed by atoms with Crippen LogP contribution in [0, 0.1) is 0 Å². The van der Waals surface area contributed by atoms with Gasteiger partial charge in [-0.05, 0) is 62.4 Å². The summed E-state index contributed by atoms with van der Waals surface area (Å²) in [6.45, 7) is 6.87. The second-order valence-corrected chi connectivity index (χ2v) is 8.16. The summed E-state index contributed by atoms with van der Waals surface area (Å²) in [4.78, 5) is 38.2. The monoisotopic (exact) mass is 413 g/mol. The van der Waals surface area contributed by atoms with E-state index in [1.54, 1.807) is 19.9 Å². The van der Waals surface area contributed by atoms with Crippen molar-refractivity contribution < 1.29 is 23.9 Å². The number of hydrogen-bond donors (Lipinski definition) is 0. The molecule has 7 heteroatoms. The van der Waals surface area contributed by atoms with Gasteiger partial charge in [-0.15, -0.1) is 0 Å². The van der Waals surface area contributed by atoms with Crippen molar-refractivity contribution in [1.82, 2.24) is 4.90 Å². The third-order valence-corrected chi connectivity index (χ3v) is 5.00. The van der Waals surface area contributed by atoms with Gasteiger partial charge in [-0.25, -0.2) is 0 Å². The summed E-state index contributed by atoms with van der Waals surface area (Å²) in [6.07, 6.45) is 1.30. The Hall–Kier alpha value is -2.80. The summed E-state index contributed by atoms with van der Waals surface area (Å²) in [5.41, 5.74) is 0.729. The molecule has 0 spiro atoms. The molecule has 0 radical (unpaired) electrons. The SMILES string of the molecule is CC(C)OC(=O)CN1C(=O)S/C(=C\c2c(OC(C)C)ccc3ccccc23)C1=O. The molecule has 3 rings (SSSR count). The molecule has 1 fully saturated rings. The predicted octanol–water partition coefficient (Wildman–Crippen LogP) is 4.61. The molecule has 2 aromatic rings. The van der Waals surface area contributed by atoms with Gasteiger partial charge in [0.25, 0.3) is 11.1 Å².